The van der Waals surface area contributed by atoms with Crippen molar-refractivity contribution in [1.82, 2.24) is 9.80 Å². The van der Waals surface area contributed by atoms with Gasteiger partial charge in [0, 0.05) is 19.6 Å². The maximum Gasteiger partial charge on any atom is 0.237 e. The van der Waals surface area contributed by atoms with Crippen molar-refractivity contribution in [3.63, 3.8) is 0 Å². The van der Waals surface area contributed by atoms with E-state index >= 15 is 0 Å². The van der Waals surface area contributed by atoms with Crippen molar-refractivity contribution in [3.8, 4) is 5.75 Å². The van der Waals surface area contributed by atoms with Crippen LogP contribution in [0.25, 0.3) is 5.57 Å². The molecule has 1 aliphatic heterocycles. The van der Waals surface area contributed by atoms with E-state index in [4.69, 9.17) is 4.74 Å². The quantitative estimate of drug-likeness (QED) is 0.800. The summed E-state index contributed by atoms with van der Waals surface area (Å²) < 4.78 is 5.18. The van der Waals surface area contributed by atoms with Gasteiger partial charge in [-0.2, -0.15) is 0 Å². The number of methoxy groups -OCH3 is 1. The Hall–Kier alpha value is -2.59. The molecule has 0 aliphatic carbocycles. The lowest BCUT2D eigenvalue weighted by Gasteiger charge is -2.28. The summed E-state index contributed by atoms with van der Waals surface area (Å²) >= 11 is 0. The fourth-order valence-corrected chi connectivity index (χ4v) is 3.24. The van der Waals surface area contributed by atoms with E-state index in [9.17, 15) is 4.79 Å². The van der Waals surface area contributed by atoms with Crippen LogP contribution in [0.2, 0.25) is 0 Å². The van der Waals surface area contributed by atoms with E-state index in [0.29, 0.717) is 13.1 Å². The highest BCUT2D eigenvalue weighted by molar-refractivity contribution is 5.80. The Bertz CT molecular complexity index is 753. The van der Waals surface area contributed by atoms with Crippen LogP contribution in [0, 0.1) is 0 Å². The van der Waals surface area contributed by atoms with E-state index in [1.165, 1.54) is 16.7 Å². The van der Waals surface area contributed by atoms with Crippen molar-refractivity contribution in [2.24, 2.45) is 0 Å². The number of likely N-dealkylation sites (N-methyl/N-ethyl adjacent to an activating group) is 1. The molecule has 0 aromatic heterocycles. The summed E-state index contributed by atoms with van der Waals surface area (Å²) in [6.07, 6.45) is 3.10. The van der Waals surface area contributed by atoms with Gasteiger partial charge in [0.15, 0.2) is 0 Å². The molecule has 3 rings (SSSR count). The summed E-state index contributed by atoms with van der Waals surface area (Å²) in [6, 6.07) is 18.4. The molecular formula is C22H26N2O2. The fraction of sp³-hybridized carbons (Fsp3) is 0.318. The van der Waals surface area contributed by atoms with E-state index in [2.05, 4.69) is 35.2 Å². The molecule has 0 atom stereocenters. The van der Waals surface area contributed by atoms with Gasteiger partial charge in [0.1, 0.15) is 5.75 Å². The van der Waals surface area contributed by atoms with Gasteiger partial charge >= 0.3 is 0 Å². The van der Waals surface area contributed by atoms with Gasteiger partial charge in [-0.1, -0.05) is 48.5 Å². The SMILES string of the molecule is COc1ccc(CN(C)CC(=O)N2CC=C(c3ccccc3)CC2)cc1. The summed E-state index contributed by atoms with van der Waals surface area (Å²) in [5.74, 6) is 1.03. The Morgan fingerprint density at radius 1 is 1.12 bits per heavy atom. The lowest BCUT2D eigenvalue weighted by Crippen LogP contribution is -2.40. The molecule has 0 spiro atoms. The van der Waals surface area contributed by atoms with Gasteiger partial charge in [0.2, 0.25) is 5.91 Å². The molecule has 2 aromatic carbocycles. The number of nitrogens with zero attached hydrogens (tertiary/aromatic N) is 2. The van der Waals surface area contributed by atoms with E-state index in [1.54, 1.807) is 7.11 Å². The number of benzene rings is 2. The maximum absolute atomic E-state index is 12.6. The van der Waals surface area contributed by atoms with Crippen LogP contribution < -0.4 is 4.74 Å². The monoisotopic (exact) mass is 350 g/mol. The molecule has 0 radical (unpaired) electrons. The Kier molecular flexibility index (Phi) is 6.08. The predicted molar refractivity (Wildman–Crippen MR) is 105 cm³/mol. The predicted octanol–water partition coefficient (Wildman–Crippen LogP) is 3.44. The largest absolute Gasteiger partial charge is 0.497 e. The zero-order valence-corrected chi connectivity index (χ0v) is 15.5. The van der Waals surface area contributed by atoms with Crippen LogP contribution in [0.5, 0.6) is 5.75 Å². The van der Waals surface area contributed by atoms with E-state index < -0.39 is 0 Å². The molecule has 0 unspecified atom stereocenters. The number of ether oxygens (including phenoxy) is 1. The van der Waals surface area contributed by atoms with E-state index in [-0.39, 0.29) is 5.91 Å². The van der Waals surface area contributed by atoms with Crippen LogP contribution in [-0.4, -0.2) is 49.5 Å². The Morgan fingerprint density at radius 3 is 2.46 bits per heavy atom. The highest BCUT2D eigenvalue weighted by Gasteiger charge is 2.19. The topological polar surface area (TPSA) is 32.8 Å². The minimum absolute atomic E-state index is 0.185. The highest BCUT2D eigenvalue weighted by Crippen LogP contribution is 2.22. The third kappa shape index (κ3) is 4.73. The summed E-state index contributed by atoms with van der Waals surface area (Å²) in [5, 5.41) is 0. The molecule has 0 saturated carbocycles. The van der Waals surface area contributed by atoms with E-state index in [1.807, 2.05) is 42.3 Å². The van der Waals surface area contributed by atoms with Crippen molar-refractivity contribution in [3.05, 3.63) is 71.8 Å². The third-order valence-electron chi connectivity index (χ3n) is 4.72. The molecule has 0 N–H and O–H groups in total. The molecule has 2 aromatic rings. The number of rotatable bonds is 6. The van der Waals surface area contributed by atoms with Crippen molar-refractivity contribution in [1.29, 1.82) is 0 Å². The van der Waals surface area contributed by atoms with Crippen LogP contribution in [-0.2, 0) is 11.3 Å². The molecule has 0 fully saturated rings. The van der Waals surface area contributed by atoms with Crippen molar-refractivity contribution in [2.45, 2.75) is 13.0 Å². The molecule has 1 amide bonds. The van der Waals surface area contributed by atoms with Crippen molar-refractivity contribution < 1.29 is 9.53 Å². The standard InChI is InChI=1S/C22H26N2O2/c1-23(16-18-8-10-21(26-2)11-9-18)17-22(25)24-14-12-20(13-15-24)19-6-4-3-5-7-19/h3-12H,13-17H2,1-2H3. The summed E-state index contributed by atoms with van der Waals surface area (Å²) in [6.45, 7) is 2.66. The molecule has 4 nitrogen and oxygen atoms in total. The molecule has 26 heavy (non-hydrogen) atoms. The van der Waals surface area contributed by atoms with Gasteiger partial charge in [-0.15, -0.1) is 0 Å². The van der Waals surface area contributed by atoms with Crippen molar-refractivity contribution in [2.75, 3.05) is 33.8 Å². The zero-order chi connectivity index (χ0) is 18.4. The lowest BCUT2D eigenvalue weighted by molar-refractivity contribution is -0.131. The number of hydrogen-bond donors (Lipinski definition) is 0. The zero-order valence-electron chi connectivity index (χ0n) is 15.5. The van der Waals surface area contributed by atoms with Crippen LogP contribution in [0.4, 0.5) is 0 Å². The minimum atomic E-state index is 0.185. The van der Waals surface area contributed by atoms with Gasteiger partial charge in [-0.05, 0) is 42.3 Å². The first-order chi connectivity index (χ1) is 12.7. The normalized spacial score (nSPS) is 14.3. The first kappa shape index (κ1) is 18.2. The Balaban J connectivity index is 1.51. The molecule has 4 heteroatoms. The van der Waals surface area contributed by atoms with Gasteiger partial charge in [0.25, 0.3) is 0 Å². The van der Waals surface area contributed by atoms with Gasteiger partial charge in [-0.3, -0.25) is 9.69 Å². The van der Waals surface area contributed by atoms with Gasteiger partial charge < -0.3 is 9.64 Å². The molecule has 1 heterocycles. The fourth-order valence-electron chi connectivity index (χ4n) is 3.24. The first-order valence-electron chi connectivity index (χ1n) is 8.99. The maximum atomic E-state index is 12.6. The molecule has 0 bridgehead atoms. The second kappa shape index (κ2) is 8.68. The van der Waals surface area contributed by atoms with E-state index in [0.717, 1.165) is 25.3 Å². The second-order valence-electron chi connectivity index (χ2n) is 6.71. The van der Waals surface area contributed by atoms with Gasteiger partial charge in [-0.25, -0.2) is 0 Å². The number of carbonyl (C=O) groups is 1. The molecule has 0 saturated heterocycles. The van der Waals surface area contributed by atoms with Crippen molar-refractivity contribution >= 4 is 11.5 Å². The first-order valence-corrected chi connectivity index (χ1v) is 8.99. The molecule has 1 aliphatic rings. The average molecular weight is 350 g/mol. The summed E-state index contributed by atoms with van der Waals surface area (Å²) in [7, 11) is 3.65. The van der Waals surface area contributed by atoms with Crippen LogP contribution >= 0.6 is 0 Å². The Labute approximate surface area is 155 Å². The Morgan fingerprint density at radius 2 is 1.85 bits per heavy atom. The number of hydrogen-bond acceptors (Lipinski definition) is 3. The molecule has 136 valence electrons. The highest BCUT2D eigenvalue weighted by atomic mass is 16.5. The minimum Gasteiger partial charge on any atom is -0.497 e. The summed E-state index contributed by atoms with van der Waals surface area (Å²) in [4.78, 5) is 16.6. The van der Waals surface area contributed by atoms with Gasteiger partial charge in [0.05, 0.1) is 13.7 Å². The van der Waals surface area contributed by atoms with Crippen LogP contribution in [0.3, 0.4) is 0 Å². The number of amides is 1. The smallest absolute Gasteiger partial charge is 0.237 e. The van der Waals surface area contributed by atoms with Crippen LogP contribution in [0.1, 0.15) is 17.5 Å². The average Bonchev–Trinajstić information content (AvgIpc) is 2.69. The van der Waals surface area contributed by atoms with Crippen LogP contribution in [0.15, 0.2) is 60.7 Å². The molecular weight excluding hydrogens is 324 g/mol. The number of carbonyl (C=O) groups excluding carboxylic acids is 1. The second-order valence-corrected chi connectivity index (χ2v) is 6.71. The third-order valence-corrected chi connectivity index (χ3v) is 4.72. The summed E-state index contributed by atoms with van der Waals surface area (Å²) in [5.41, 5.74) is 3.77. The lowest BCUT2D eigenvalue weighted by atomic mass is 9.99.